The van der Waals surface area contributed by atoms with Crippen LogP contribution in [0.2, 0.25) is 0 Å². The zero-order valence-electron chi connectivity index (χ0n) is 15.3. The Balaban J connectivity index is 1.73. The van der Waals surface area contributed by atoms with Crippen LogP contribution in [-0.4, -0.2) is 41.6 Å². The summed E-state index contributed by atoms with van der Waals surface area (Å²) in [5.74, 6) is -0.337. The molecule has 11 heteroatoms. The average molecular weight is 402 g/mol. The number of fused-ring (bicyclic) bond motifs is 1. The van der Waals surface area contributed by atoms with Crippen molar-refractivity contribution in [2.24, 2.45) is 19.2 Å². The van der Waals surface area contributed by atoms with E-state index in [0.29, 0.717) is 10.7 Å². The maximum absolute atomic E-state index is 12.2. The average Bonchev–Trinajstić information content (AvgIpc) is 3.10. The Morgan fingerprint density at radius 2 is 2.04 bits per heavy atom. The van der Waals surface area contributed by atoms with Crippen LogP contribution in [0.1, 0.15) is 12.5 Å². The van der Waals surface area contributed by atoms with Gasteiger partial charge in [-0.1, -0.05) is 23.9 Å². The SMILES string of the molecule is CC(Sc1nc2c([nH]1)c(=O)n(C)c(=O)n2C)C(=O)N/N=C/c1ccccc1O. The molecule has 0 fully saturated rings. The van der Waals surface area contributed by atoms with Crippen molar-refractivity contribution in [1.82, 2.24) is 24.5 Å². The molecule has 28 heavy (non-hydrogen) atoms. The van der Waals surface area contributed by atoms with Crippen molar-refractivity contribution in [2.45, 2.75) is 17.3 Å². The number of H-pyrrole nitrogens is 1. The molecule has 0 aliphatic heterocycles. The minimum Gasteiger partial charge on any atom is -0.507 e. The summed E-state index contributed by atoms with van der Waals surface area (Å²) < 4.78 is 2.25. The van der Waals surface area contributed by atoms with Crippen LogP contribution in [-0.2, 0) is 18.9 Å². The molecule has 0 saturated carbocycles. The normalized spacial score (nSPS) is 12.5. The molecular weight excluding hydrogens is 384 g/mol. The number of phenols is 1. The number of hydrogen-bond donors (Lipinski definition) is 3. The van der Waals surface area contributed by atoms with Crippen LogP contribution >= 0.6 is 11.8 Å². The molecule has 0 aliphatic carbocycles. The number of nitrogens with one attached hydrogen (secondary N) is 2. The number of hydrazone groups is 1. The summed E-state index contributed by atoms with van der Waals surface area (Å²) in [5.41, 5.74) is 2.31. The molecular formula is C17H18N6O4S. The van der Waals surface area contributed by atoms with Crippen LogP contribution in [0.25, 0.3) is 11.2 Å². The number of phenolic OH excluding ortho intramolecular Hbond substituents is 1. The van der Waals surface area contributed by atoms with E-state index in [2.05, 4.69) is 20.5 Å². The van der Waals surface area contributed by atoms with Crippen molar-refractivity contribution in [2.75, 3.05) is 0 Å². The first kappa shape index (κ1) is 19.4. The van der Waals surface area contributed by atoms with Crippen LogP contribution in [0.3, 0.4) is 0 Å². The number of thioether (sulfide) groups is 1. The number of benzene rings is 1. The monoisotopic (exact) mass is 402 g/mol. The van der Waals surface area contributed by atoms with Gasteiger partial charge in [0.15, 0.2) is 16.3 Å². The molecule has 1 aromatic carbocycles. The first-order valence-electron chi connectivity index (χ1n) is 8.23. The van der Waals surface area contributed by atoms with E-state index < -0.39 is 16.5 Å². The van der Waals surface area contributed by atoms with Crippen molar-refractivity contribution in [3.05, 3.63) is 50.7 Å². The van der Waals surface area contributed by atoms with E-state index in [9.17, 15) is 19.5 Å². The Labute approximate surface area is 162 Å². The summed E-state index contributed by atoms with van der Waals surface area (Å²) in [4.78, 5) is 43.5. The summed E-state index contributed by atoms with van der Waals surface area (Å²) in [6.45, 7) is 1.65. The topological polar surface area (TPSA) is 134 Å². The summed E-state index contributed by atoms with van der Waals surface area (Å²) in [5, 5.41) is 13.2. The van der Waals surface area contributed by atoms with Crippen molar-refractivity contribution >= 4 is 35.0 Å². The third-order valence-corrected chi connectivity index (χ3v) is 5.03. The van der Waals surface area contributed by atoms with E-state index >= 15 is 0 Å². The number of amides is 1. The van der Waals surface area contributed by atoms with Crippen LogP contribution in [0.4, 0.5) is 0 Å². The lowest BCUT2D eigenvalue weighted by atomic mass is 10.2. The summed E-state index contributed by atoms with van der Waals surface area (Å²) in [6.07, 6.45) is 1.34. The number of para-hydroxylation sites is 1. The van der Waals surface area contributed by atoms with Crippen molar-refractivity contribution in [3.63, 3.8) is 0 Å². The van der Waals surface area contributed by atoms with E-state index in [0.717, 1.165) is 16.3 Å². The number of aryl methyl sites for hydroxylation is 1. The van der Waals surface area contributed by atoms with Gasteiger partial charge < -0.3 is 10.1 Å². The minimum atomic E-state index is -0.581. The van der Waals surface area contributed by atoms with E-state index in [1.165, 1.54) is 30.9 Å². The Hall–Kier alpha value is -3.34. The second kappa shape index (κ2) is 7.72. The molecule has 2 heterocycles. The Kier molecular flexibility index (Phi) is 5.36. The van der Waals surface area contributed by atoms with Gasteiger partial charge in [0.1, 0.15) is 5.75 Å². The molecule has 0 aliphatic rings. The molecule has 0 spiro atoms. The summed E-state index contributed by atoms with van der Waals surface area (Å²) in [6, 6.07) is 6.59. The smallest absolute Gasteiger partial charge is 0.332 e. The molecule has 0 radical (unpaired) electrons. The van der Waals surface area contributed by atoms with Crippen molar-refractivity contribution in [1.29, 1.82) is 0 Å². The third kappa shape index (κ3) is 3.69. The second-order valence-electron chi connectivity index (χ2n) is 6.00. The van der Waals surface area contributed by atoms with E-state index in [1.807, 2.05) is 0 Å². The number of rotatable bonds is 5. The number of carbonyl (C=O) groups is 1. The van der Waals surface area contributed by atoms with Gasteiger partial charge in [0.25, 0.3) is 11.5 Å². The number of nitrogens with zero attached hydrogens (tertiary/aromatic N) is 4. The zero-order chi connectivity index (χ0) is 20.4. The first-order chi connectivity index (χ1) is 13.3. The molecule has 3 rings (SSSR count). The van der Waals surface area contributed by atoms with Crippen LogP contribution < -0.4 is 16.7 Å². The molecule has 3 aromatic rings. The minimum absolute atomic E-state index is 0.0531. The molecule has 3 N–H and O–H groups in total. The van der Waals surface area contributed by atoms with Crippen molar-refractivity contribution in [3.8, 4) is 5.75 Å². The number of aromatic hydroxyl groups is 1. The van der Waals surface area contributed by atoms with Crippen LogP contribution in [0, 0.1) is 0 Å². The molecule has 2 aromatic heterocycles. The van der Waals surface area contributed by atoms with E-state index in [1.54, 1.807) is 25.1 Å². The molecule has 1 unspecified atom stereocenters. The zero-order valence-corrected chi connectivity index (χ0v) is 16.1. The highest BCUT2D eigenvalue weighted by Crippen LogP contribution is 2.21. The predicted octanol–water partition coefficient (Wildman–Crippen LogP) is 0.297. The quantitative estimate of drug-likeness (QED) is 0.319. The lowest BCUT2D eigenvalue weighted by Gasteiger charge is -2.06. The number of aromatic amines is 1. The fraction of sp³-hybridized carbons (Fsp3) is 0.235. The highest BCUT2D eigenvalue weighted by Gasteiger charge is 2.19. The molecule has 0 saturated heterocycles. The fourth-order valence-electron chi connectivity index (χ4n) is 2.43. The molecule has 0 bridgehead atoms. The standard InChI is InChI=1S/C17H18N6O4S/c1-9(14(25)21-18-8-10-6-4-5-7-11(10)24)28-16-19-12-13(20-16)22(2)17(27)23(3)15(12)26/h4-9,24H,1-3H3,(H,19,20)(H,21,25)/b18-8+. The molecule has 10 nitrogen and oxygen atoms in total. The van der Waals surface area contributed by atoms with Gasteiger partial charge in [-0.15, -0.1) is 0 Å². The molecule has 146 valence electrons. The van der Waals surface area contributed by atoms with Gasteiger partial charge >= 0.3 is 5.69 Å². The lowest BCUT2D eigenvalue weighted by Crippen LogP contribution is -2.36. The Morgan fingerprint density at radius 3 is 2.75 bits per heavy atom. The molecule has 1 atom stereocenters. The highest BCUT2D eigenvalue weighted by atomic mass is 32.2. The van der Waals surface area contributed by atoms with Gasteiger partial charge in [0.05, 0.1) is 11.5 Å². The van der Waals surface area contributed by atoms with Gasteiger partial charge in [0, 0.05) is 19.7 Å². The van der Waals surface area contributed by atoms with Gasteiger partial charge in [0.2, 0.25) is 0 Å². The first-order valence-corrected chi connectivity index (χ1v) is 9.11. The van der Waals surface area contributed by atoms with Gasteiger partial charge in [-0.2, -0.15) is 5.10 Å². The highest BCUT2D eigenvalue weighted by molar-refractivity contribution is 8.00. The second-order valence-corrected chi connectivity index (χ2v) is 7.33. The number of imidazole rings is 1. The van der Waals surface area contributed by atoms with Crippen molar-refractivity contribution < 1.29 is 9.90 Å². The van der Waals surface area contributed by atoms with Crippen LogP contribution in [0.15, 0.2) is 44.1 Å². The Morgan fingerprint density at radius 1 is 1.32 bits per heavy atom. The van der Waals surface area contributed by atoms with Crippen LogP contribution in [0.5, 0.6) is 5.75 Å². The molecule has 1 amide bonds. The van der Waals surface area contributed by atoms with E-state index in [-0.39, 0.29) is 22.8 Å². The Bertz CT molecular complexity index is 1190. The van der Waals surface area contributed by atoms with Gasteiger partial charge in [-0.3, -0.25) is 18.7 Å². The maximum atomic E-state index is 12.2. The summed E-state index contributed by atoms with van der Waals surface area (Å²) >= 11 is 1.09. The third-order valence-electron chi connectivity index (χ3n) is 4.05. The number of hydrogen-bond acceptors (Lipinski definition) is 7. The maximum Gasteiger partial charge on any atom is 0.332 e. The van der Waals surface area contributed by atoms with E-state index in [4.69, 9.17) is 0 Å². The number of carbonyl (C=O) groups excluding carboxylic acids is 1. The fourth-order valence-corrected chi connectivity index (χ4v) is 3.23. The van der Waals surface area contributed by atoms with Gasteiger partial charge in [-0.05, 0) is 19.1 Å². The summed E-state index contributed by atoms with van der Waals surface area (Å²) in [7, 11) is 2.90. The predicted molar refractivity (Wildman–Crippen MR) is 106 cm³/mol. The largest absolute Gasteiger partial charge is 0.507 e. The van der Waals surface area contributed by atoms with Gasteiger partial charge in [-0.25, -0.2) is 15.2 Å². The number of aromatic nitrogens is 4. The lowest BCUT2D eigenvalue weighted by molar-refractivity contribution is -0.120.